The van der Waals surface area contributed by atoms with Gasteiger partial charge in [0.05, 0.1) is 12.7 Å². The summed E-state index contributed by atoms with van der Waals surface area (Å²) >= 11 is 0. The Balaban J connectivity index is 2.17. The van der Waals surface area contributed by atoms with Crippen LogP contribution in [-0.4, -0.2) is 12.9 Å². The van der Waals surface area contributed by atoms with Gasteiger partial charge in [-0.2, -0.15) is 0 Å². The van der Waals surface area contributed by atoms with Crippen LogP contribution in [0.25, 0.3) is 0 Å². The zero-order valence-corrected chi connectivity index (χ0v) is 12.6. The molecule has 0 atom stereocenters. The van der Waals surface area contributed by atoms with Gasteiger partial charge in [0, 0.05) is 0 Å². The maximum absolute atomic E-state index is 7.50. The third kappa shape index (κ3) is 3.34. The first-order valence-electron chi connectivity index (χ1n) is 6.73. The van der Waals surface area contributed by atoms with E-state index in [1.807, 2.05) is 31.2 Å². The van der Waals surface area contributed by atoms with E-state index >= 15 is 0 Å². The van der Waals surface area contributed by atoms with E-state index < -0.39 is 0 Å². The number of aryl methyl sites for hydroxylation is 1. The van der Waals surface area contributed by atoms with Crippen LogP contribution < -0.4 is 15.2 Å². The molecule has 0 spiro atoms. The van der Waals surface area contributed by atoms with Gasteiger partial charge in [-0.15, -0.1) is 0 Å². The topological polar surface area (TPSA) is 68.3 Å². The van der Waals surface area contributed by atoms with Crippen molar-refractivity contribution in [1.29, 1.82) is 5.41 Å². The molecule has 0 saturated heterocycles. The highest BCUT2D eigenvalue weighted by molar-refractivity contribution is 5.97. The Kier molecular flexibility index (Phi) is 4.48. The van der Waals surface area contributed by atoms with Crippen LogP contribution in [0.1, 0.15) is 22.3 Å². The fourth-order valence-corrected chi connectivity index (χ4v) is 2.09. The van der Waals surface area contributed by atoms with Crippen molar-refractivity contribution in [2.45, 2.75) is 20.5 Å². The summed E-state index contributed by atoms with van der Waals surface area (Å²) in [4.78, 5) is 0. The minimum absolute atomic E-state index is 0.00570. The molecule has 4 heteroatoms. The number of nitrogens with two attached hydrogens (primary N) is 1. The lowest BCUT2D eigenvalue weighted by Gasteiger charge is -2.13. The molecule has 0 amide bonds. The van der Waals surface area contributed by atoms with Crippen LogP contribution in [0.2, 0.25) is 0 Å². The predicted molar refractivity (Wildman–Crippen MR) is 84.3 cm³/mol. The summed E-state index contributed by atoms with van der Waals surface area (Å²) in [7, 11) is 1.57. The van der Waals surface area contributed by atoms with E-state index in [9.17, 15) is 0 Å². The molecule has 110 valence electrons. The molecule has 3 N–H and O–H groups in total. The molecule has 0 aliphatic carbocycles. The zero-order chi connectivity index (χ0) is 15.4. The molecule has 21 heavy (non-hydrogen) atoms. The molecule has 2 aromatic rings. The third-order valence-electron chi connectivity index (χ3n) is 3.51. The van der Waals surface area contributed by atoms with Crippen LogP contribution in [0.15, 0.2) is 36.4 Å². The standard InChI is InChI=1S/C17H20N2O2/c1-11-5-4-6-15(12(11)2)21-10-13-7-8-14(17(18)19)16(9-13)20-3/h4-9H,10H2,1-3H3,(H3,18,19). The van der Waals surface area contributed by atoms with E-state index in [0.29, 0.717) is 17.9 Å². The number of methoxy groups -OCH3 is 1. The van der Waals surface area contributed by atoms with Crippen molar-refractivity contribution in [2.75, 3.05) is 7.11 Å². The van der Waals surface area contributed by atoms with Crippen molar-refractivity contribution >= 4 is 5.84 Å². The maximum atomic E-state index is 7.50. The molecule has 0 aliphatic heterocycles. The monoisotopic (exact) mass is 284 g/mol. The van der Waals surface area contributed by atoms with E-state index in [-0.39, 0.29) is 5.84 Å². The second kappa shape index (κ2) is 6.31. The highest BCUT2D eigenvalue weighted by atomic mass is 16.5. The average molecular weight is 284 g/mol. The normalized spacial score (nSPS) is 10.2. The Morgan fingerprint density at radius 2 is 1.90 bits per heavy atom. The summed E-state index contributed by atoms with van der Waals surface area (Å²) in [6, 6.07) is 11.5. The van der Waals surface area contributed by atoms with E-state index in [0.717, 1.165) is 16.9 Å². The molecule has 4 nitrogen and oxygen atoms in total. The first kappa shape index (κ1) is 14.9. The fourth-order valence-electron chi connectivity index (χ4n) is 2.09. The van der Waals surface area contributed by atoms with Crippen LogP contribution in [0, 0.1) is 19.3 Å². The molecule has 0 fully saturated rings. The van der Waals surface area contributed by atoms with Crippen molar-refractivity contribution in [1.82, 2.24) is 0 Å². The lowest BCUT2D eigenvalue weighted by molar-refractivity contribution is 0.303. The van der Waals surface area contributed by atoms with Crippen molar-refractivity contribution in [2.24, 2.45) is 5.73 Å². The second-order valence-electron chi connectivity index (χ2n) is 4.94. The number of amidine groups is 1. The number of hydrogen-bond donors (Lipinski definition) is 2. The van der Waals surface area contributed by atoms with Crippen LogP contribution in [0.3, 0.4) is 0 Å². The third-order valence-corrected chi connectivity index (χ3v) is 3.51. The van der Waals surface area contributed by atoms with Crippen LogP contribution in [0.5, 0.6) is 11.5 Å². The summed E-state index contributed by atoms with van der Waals surface area (Å²) in [5.74, 6) is 1.46. The highest BCUT2D eigenvalue weighted by Gasteiger charge is 2.08. The Labute approximate surface area is 125 Å². The van der Waals surface area contributed by atoms with Gasteiger partial charge in [0.15, 0.2) is 0 Å². The Morgan fingerprint density at radius 1 is 1.14 bits per heavy atom. The number of nitrogens with one attached hydrogen (secondary N) is 1. The van der Waals surface area contributed by atoms with Gasteiger partial charge in [-0.25, -0.2) is 0 Å². The number of rotatable bonds is 5. The average Bonchev–Trinajstić information content (AvgIpc) is 2.48. The maximum Gasteiger partial charge on any atom is 0.130 e. The zero-order valence-electron chi connectivity index (χ0n) is 12.6. The summed E-state index contributed by atoms with van der Waals surface area (Å²) < 4.78 is 11.1. The molecule has 0 aromatic heterocycles. The van der Waals surface area contributed by atoms with Gasteiger partial charge in [-0.1, -0.05) is 18.2 Å². The minimum atomic E-state index is -0.00570. The van der Waals surface area contributed by atoms with E-state index in [1.165, 1.54) is 5.56 Å². The van der Waals surface area contributed by atoms with Gasteiger partial charge in [0.1, 0.15) is 23.9 Å². The summed E-state index contributed by atoms with van der Waals surface area (Å²) in [5.41, 5.74) is 9.42. The Hall–Kier alpha value is -2.49. The van der Waals surface area contributed by atoms with Crippen molar-refractivity contribution in [3.8, 4) is 11.5 Å². The molecule has 2 rings (SSSR count). The Morgan fingerprint density at radius 3 is 2.57 bits per heavy atom. The minimum Gasteiger partial charge on any atom is -0.496 e. The van der Waals surface area contributed by atoms with Crippen molar-refractivity contribution in [3.63, 3.8) is 0 Å². The molecular weight excluding hydrogens is 264 g/mol. The second-order valence-corrected chi connectivity index (χ2v) is 4.94. The van der Waals surface area contributed by atoms with E-state index in [1.54, 1.807) is 13.2 Å². The van der Waals surface area contributed by atoms with Gasteiger partial charge >= 0.3 is 0 Å². The molecule has 0 unspecified atom stereocenters. The van der Waals surface area contributed by atoms with E-state index in [2.05, 4.69) is 13.0 Å². The Bertz CT molecular complexity index is 666. The highest BCUT2D eigenvalue weighted by Crippen LogP contribution is 2.24. The summed E-state index contributed by atoms with van der Waals surface area (Å²) in [6.07, 6.45) is 0. The van der Waals surface area contributed by atoms with Gasteiger partial charge < -0.3 is 15.2 Å². The quantitative estimate of drug-likeness (QED) is 0.654. The number of benzene rings is 2. The smallest absolute Gasteiger partial charge is 0.130 e. The molecule has 0 bridgehead atoms. The SMILES string of the molecule is COc1cc(COc2cccc(C)c2C)ccc1C(=N)N. The van der Waals surface area contributed by atoms with Crippen LogP contribution >= 0.6 is 0 Å². The van der Waals surface area contributed by atoms with E-state index in [4.69, 9.17) is 20.6 Å². The van der Waals surface area contributed by atoms with Gasteiger partial charge in [-0.05, 0) is 48.7 Å². The molecule has 0 radical (unpaired) electrons. The van der Waals surface area contributed by atoms with Gasteiger partial charge in [0.25, 0.3) is 0 Å². The van der Waals surface area contributed by atoms with Crippen molar-refractivity contribution in [3.05, 3.63) is 58.7 Å². The number of hydrogen-bond acceptors (Lipinski definition) is 3. The molecular formula is C17H20N2O2. The first-order valence-corrected chi connectivity index (χ1v) is 6.73. The fraction of sp³-hybridized carbons (Fsp3) is 0.235. The number of nitrogen functional groups attached to an aromatic ring is 1. The van der Waals surface area contributed by atoms with Gasteiger partial charge in [-0.3, -0.25) is 5.41 Å². The lowest BCUT2D eigenvalue weighted by Crippen LogP contribution is -2.12. The number of ether oxygens (including phenoxy) is 2. The lowest BCUT2D eigenvalue weighted by atomic mass is 10.1. The van der Waals surface area contributed by atoms with Crippen LogP contribution in [0.4, 0.5) is 0 Å². The summed E-state index contributed by atoms with van der Waals surface area (Å²) in [6.45, 7) is 4.55. The summed E-state index contributed by atoms with van der Waals surface area (Å²) in [5, 5.41) is 7.50. The first-order chi connectivity index (χ1) is 10.0. The van der Waals surface area contributed by atoms with Crippen molar-refractivity contribution < 1.29 is 9.47 Å². The molecule has 0 heterocycles. The van der Waals surface area contributed by atoms with Crippen LogP contribution in [-0.2, 0) is 6.61 Å². The molecule has 2 aromatic carbocycles. The predicted octanol–water partition coefficient (Wildman–Crippen LogP) is 3.18. The largest absolute Gasteiger partial charge is 0.496 e. The molecule has 0 saturated carbocycles. The van der Waals surface area contributed by atoms with Gasteiger partial charge in [0.2, 0.25) is 0 Å². The molecule has 0 aliphatic rings.